The fourth-order valence-corrected chi connectivity index (χ4v) is 1.38. The minimum Gasteiger partial charge on any atom is -0.465 e. The van der Waals surface area contributed by atoms with Gasteiger partial charge >= 0.3 is 12.1 Å². The smallest absolute Gasteiger partial charge is 0.416 e. The second-order valence-electron chi connectivity index (χ2n) is 3.61. The first kappa shape index (κ1) is 14.5. The number of ether oxygens (including phenoxy) is 1. The van der Waals surface area contributed by atoms with Crippen molar-refractivity contribution in [2.45, 2.75) is 19.6 Å². The highest BCUT2D eigenvalue weighted by atomic mass is 19.4. The summed E-state index contributed by atoms with van der Waals surface area (Å²) >= 11 is 0. The van der Waals surface area contributed by atoms with E-state index in [0.717, 1.165) is 12.1 Å². The molecule has 18 heavy (non-hydrogen) atoms. The Bertz CT molecular complexity index is 405. The lowest BCUT2D eigenvalue weighted by atomic mass is 10.1. The second kappa shape index (κ2) is 6.39. The van der Waals surface area contributed by atoms with Crippen LogP contribution in [0.15, 0.2) is 24.3 Å². The Morgan fingerprint density at radius 1 is 1.39 bits per heavy atom. The van der Waals surface area contributed by atoms with Crippen molar-refractivity contribution >= 4 is 5.97 Å². The van der Waals surface area contributed by atoms with Gasteiger partial charge in [0.1, 0.15) is 0 Å². The molecular formula is C12H14F3NO2. The third-order valence-electron chi connectivity index (χ3n) is 2.16. The number of alkyl halides is 3. The lowest BCUT2D eigenvalue weighted by Gasteiger charge is -2.09. The fourth-order valence-electron chi connectivity index (χ4n) is 1.38. The van der Waals surface area contributed by atoms with Crippen LogP contribution in [-0.4, -0.2) is 19.1 Å². The maximum atomic E-state index is 12.4. The van der Waals surface area contributed by atoms with E-state index in [0.29, 0.717) is 5.56 Å². The van der Waals surface area contributed by atoms with Crippen molar-refractivity contribution in [1.82, 2.24) is 5.32 Å². The molecule has 0 heterocycles. The van der Waals surface area contributed by atoms with Crippen molar-refractivity contribution in [2.75, 3.05) is 13.2 Å². The summed E-state index contributed by atoms with van der Waals surface area (Å²) in [4.78, 5) is 11.0. The molecule has 0 aliphatic heterocycles. The average Bonchev–Trinajstić information content (AvgIpc) is 2.29. The SMILES string of the molecule is CCOC(=O)CNCc1cccc(C(F)(F)F)c1. The zero-order valence-electron chi connectivity index (χ0n) is 9.88. The van der Waals surface area contributed by atoms with Gasteiger partial charge in [-0.1, -0.05) is 18.2 Å². The van der Waals surface area contributed by atoms with Crippen LogP contribution in [0.4, 0.5) is 13.2 Å². The average molecular weight is 261 g/mol. The standard InChI is InChI=1S/C12H14F3NO2/c1-2-18-11(17)8-16-7-9-4-3-5-10(6-9)12(13,14)15/h3-6,16H,2,7-8H2,1H3. The third kappa shape index (κ3) is 4.75. The molecule has 1 rings (SSSR count). The topological polar surface area (TPSA) is 38.3 Å². The molecule has 1 aromatic carbocycles. The summed E-state index contributed by atoms with van der Waals surface area (Å²) < 4.78 is 41.9. The van der Waals surface area contributed by atoms with Gasteiger partial charge in [-0.25, -0.2) is 0 Å². The summed E-state index contributed by atoms with van der Waals surface area (Å²) in [5.74, 6) is -0.426. The van der Waals surface area contributed by atoms with Gasteiger partial charge in [0.05, 0.1) is 18.7 Å². The Morgan fingerprint density at radius 3 is 2.72 bits per heavy atom. The molecule has 0 unspecified atom stereocenters. The van der Waals surface area contributed by atoms with Crippen LogP contribution in [0, 0.1) is 0 Å². The molecule has 1 aromatic rings. The van der Waals surface area contributed by atoms with E-state index in [2.05, 4.69) is 10.1 Å². The van der Waals surface area contributed by atoms with Crippen molar-refractivity contribution in [1.29, 1.82) is 0 Å². The number of rotatable bonds is 5. The molecule has 6 heteroatoms. The molecule has 0 aliphatic carbocycles. The fraction of sp³-hybridized carbons (Fsp3) is 0.417. The minimum atomic E-state index is -4.35. The Kier molecular flexibility index (Phi) is 5.15. The van der Waals surface area contributed by atoms with Crippen LogP contribution in [0.25, 0.3) is 0 Å². The minimum absolute atomic E-state index is 0.0237. The van der Waals surface area contributed by atoms with E-state index in [-0.39, 0.29) is 19.7 Å². The highest BCUT2D eigenvalue weighted by Gasteiger charge is 2.30. The second-order valence-corrected chi connectivity index (χ2v) is 3.61. The lowest BCUT2D eigenvalue weighted by molar-refractivity contribution is -0.142. The molecule has 1 N–H and O–H groups in total. The summed E-state index contributed by atoms with van der Waals surface area (Å²) in [6, 6.07) is 4.96. The predicted octanol–water partition coefficient (Wildman–Crippen LogP) is 2.36. The van der Waals surface area contributed by atoms with Gasteiger partial charge in [0.25, 0.3) is 0 Å². The maximum Gasteiger partial charge on any atom is 0.416 e. The van der Waals surface area contributed by atoms with Gasteiger partial charge in [-0.15, -0.1) is 0 Å². The van der Waals surface area contributed by atoms with Crippen LogP contribution in [0.2, 0.25) is 0 Å². The van der Waals surface area contributed by atoms with E-state index >= 15 is 0 Å². The Labute approximate surface area is 103 Å². The van der Waals surface area contributed by atoms with Crippen LogP contribution in [0.1, 0.15) is 18.1 Å². The Hall–Kier alpha value is -1.56. The summed E-state index contributed by atoms with van der Waals surface area (Å²) in [5.41, 5.74) is -0.230. The van der Waals surface area contributed by atoms with Crippen molar-refractivity contribution in [2.24, 2.45) is 0 Å². The van der Waals surface area contributed by atoms with Gasteiger partial charge < -0.3 is 10.1 Å². The van der Waals surface area contributed by atoms with Gasteiger partial charge in [0, 0.05) is 6.54 Å². The van der Waals surface area contributed by atoms with E-state index in [1.165, 1.54) is 6.07 Å². The molecule has 0 aromatic heterocycles. The van der Waals surface area contributed by atoms with Crippen molar-refractivity contribution < 1.29 is 22.7 Å². The van der Waals surface area contributed by atoms with Gasteiger partial charge in [0.2, 0.25) is 0 Å². The molecule has 0 bridgehead atoms. The van der Waals surface area contributed by atoms with E-state index in [1.807, 2.05) is 0 Å². The number of hydrogen-bond acceptors (Lipinski definition) is 3. The van der Waals surface area contributed by atoms with Crippen molar-refractivity contribution in [3.05, 3.63) is 35.4 Å². The lowest BCUT2D eigenvalue weighted by Crippen LogP contribution is -2.24. The van der Waals surface area contributed by atoms with E-state index in [9.17, 15) is 18.0 Å². The zero-order chi connectivity index (χ0) is 13.6. The van der Waals surface area contributed by atoms with Crippen LogP contribution in [0.3, 0.4) is 0 Å². The van der Waals surface area contributed by atoms with Crippen molar-refractivity contribution in [3.63, 3.8) is 0 Å². The molecule has 3 nitrogen and oxygen atoms in total. The predicted molar refractivity (Wildman–Crippen MR) is 59.8 cm³/mol. The van der Waals surface area contributed by atoms with E-state index in [1.54, 1.807) is 13.0 Å². The monoisotopic (exact) mass is 261 g/mol. The number of nitrogens with one attached hydrogen (secondary N) is 1. The van der Waals surface area contributed by atoms with Gasteiger partial charge in [-0.2, -0.15) is 13.2 Å². The van der Waals surface area contributed by atoms with Gasteiger partial charge in [0.15, 0.2) is 0 Å². The number of carbonyl (C=O) groups excluding carboxylic acids is 1. The molecule has 0 aliphatic rings. The molecule has 0 saturated carbocycles. The molecule has 0 atom stereocenters. The summed E-state index contributed by atoms with van der Waals surface area (Å²) in [6.07, 6.45) is -4.35. The quantitative estimate of drug-likeness (QED) is 0.827. The molecule has 0 amide bonds. The summed E-state index contributed by atoms with van der Waals surface area (Å²) in [6.45, 7) is 2.13. The summed E-state index contributed by atoms with van der Waals surface area (Å²) in [7, 11) is 0. The first-order chi connectivity index (χ1) is 8.43. The number of halogens is 3. The maximum absolute atomic E-state index is 12.4. The number of carbonyl (C=O) groups is 1. The highest BCUT2D eigenvalue weighted by molar-refractivity contribution is 5.71. The zero-order valence-corrected chi connectivity index (χ0v) is 9.88. The number of esters is 1. The molecule has 0 saturated heterocycles. The van der Waals surface area contributed by atoms with E-state index < -0.39 is 17.7 Å². The van der Waals surface area contributed by atoms with E-state index in [4.69, 9.17) is 0 Å². The van der Waals surface area contributed by atoms with Crippen LogP contribution in [-0.2, 0) is 22.3 Å². The molecule has 100 valence electrons. The van der Waals surface area contributed by atoms with Gasteiger partial charge in [-0.3, -0.25) is 4.79 Å². The van der Waals surface area contributed by atoms with Crippen LogP contribution in [0.5, 0.6) is 0 Å². The van der Waals surface area contributed by atoms with Crippen molar-refractivity contribution in [3.8, 4) is 0 Å². The molecule has 0 spiro atoms. The first-order valence-corrected chi connectivity index (χ1v) is 5.46. The van der Waals surface area contributed by atoms with Crippen LogP contribution >= 0.6 is 0 Å². The van der Waals surface area contributed by atoms with Gasteiger partial charge in [-0.05, 0) is 18.6 Å². The Morgan fingerprint density at radius 2 is 2.11 bits per heavy atom. The number of hydrogen-bond donors (Lipinski definition) is 1. The molecule has 0 fully saturated rings. The largest absolute Gasteiger partial charge is 0.465 e. The Balaban J connectivity index is 2.51. The molecule has 0 radical (unpaired) electrons. The first-order valence-electron chi connectivity index (χ1n) is 5.46. The normalized spacial score (nSPS) is 11.3. The molecular weight excluding hydrogens is 247 g/mol. The summed E-state index contributed by atoms with van der Waals surface area (Å²) in [5, 5.41) is 2.72. The number of benzene rings is 1. The third-order valence-corrected chi connectivity index (χ3v) is 2.16. The van der Waals surface area contributed by atoms with Crippen LogP contribution < -0.4 is 5.32 Å². The highest BCUT2D eigenvalue weighted by Crippen LogP contribution is 2.29.